The van der Waals surface area contributed by atoms with Gasteiger partial charge in [-0.2, -0.15) is 5.10 Å². The summed E-state index contributed by atoms with van der Waals surface area (Å²) in [6.45, 7) is 7.77. The van der Waals surface area contributed by atoms with Crippen molar-refractivity contribution in [3.63, 3.8) is 0 Å². The van der Waals surface area contributed by atoms with E-state index in [0.717, 1.165) is 17.8 Å². The highest BCUT2D eigenvalue weighted by Gasteiger charge is 2.14. The first-order valence-corrected chi connectivity index (χ1v) is 10.5. The van der Waals surface area contributed by atoms with Crippen molar-refractivity contribution in [3.8, 4) is 11.5 Å². The Balaban J connectivity index is 1.96. The summed E-state index contributed by atoms with van der Waals surface area (Å²) in [6, 6.07) is 5.33. The van der Waals surface area contributed by atoms with Crippen molar-refractivity contribution in [1.29, 1.82) is 0 Å². The number of hydrogen-bond acceptors (Lipinski definition) is 7. The molecule has 0 bridgehead atoms. The molecule has 2 rings (SSSR count). The lowest BCUT2D eigenvalue weighted by Crippen LogP contribution is -2.19. The molecule has 0 fully saturated rings. The van der Waals surface area contributed by atoms with Crippen molar-refractivity contribution in [2.45, 2.75) is 45.4 Å². The molecular weight excluding hydrogens is 412 g/mol. The van der Waals surface area contributed by atoms with E-state index >= 15 is 0 Å². The van der Waals surface area contributed by atoms with Gasteiger partial charge in [-0.25, -0.2) is 15.4 Å². The molecular formula is C20H25ClN4O3S. The summed E-state index contributed by atoms with van der Waals surface area (Å²) >= 11 is 7.58. The lowest BCUT2D eigenvalue weighted by atomic mass is 10.2. The zero-order chi connectivity index (χ0) is 21.4. The number of halogens is 1. The van der Waals surface area contributed by atoms with E-state index in [1.54, 1.807) is 19.2 Å². The maximum Gasteiger partial charge on any atom is 0.250 e. The smallest absolute Gasteiger partial charge is 0.250 e. The first kappa shape index (κ1) is 23.0. The minimum absolute atomic E-state index is 0.0128. The fourth-order valence-electron chi connectivity index (χ4n) is 2.31. The van der Waals surface area contributed by atoms with E-state index in [-0.39, 0.29) is 17.8 Å². The number of amides is 1. The van der Waals surface area contributed by atoms with Crippen molar-refractivity contribution in [1.82, 2.24) is 15.4 Å². The van der Waals surface area contributed by atoms with Crippen LogP contribution in [0.1, 0.15) is 37.2 Å². The average molecular weight is 437 g/mol. The Morgan fingerprint density at radius 2 is 2.00 bits per heavy atom. The van der Waals surface area contributed by atoms with Crippen molar-refractivity contribution >= 4 is 35.5 Å². The predicted octanol–water partition coefficient (Wildman–Crippen LogP) is 4.18. The number of aromatic nitrogens is 2. The highest BCUT2D eigenvalue weighted by Crippen LogP contribution is 2.37. The van der Waals surface area contributed by atoms with Crippen LogP contribution in [0.2, 0.25) is 5.02 Å². The molecule has 9 heteroatoms. The van der Waals surface area contributed by atoms with Crippen LogP contribution in [0.25, 0.3) is 0 Å². The van der Waals surface area contributed by atoms with Gasteiger partial charge in [0.15, 0.2) is 16.7 Å². The molecule has 0 radical (unpaired) electrons. The Morgan fingerprint density at radius 3 is 2.62 bits per heavy atom. The van der Waals surface area contributed by atoms with Gasteiger partial charge in [0.05, 0.1) is 30.2 Å². The highest BCUT2D eigenvalue weighted by atomic mass is 35.5. The van der Waals surface area contributed by atoms with Crippen LogP contribution in [0.5, 0.6) is 11.5 Å². The maximum absolute atomic E-state index is 12.0. The molecule has 2 aromatic rings. The zero-order valence-electron chi connectivity index (χ0n) is 17.2. The van der Waals surface area contributed by atoms with Gasteiger partial charge in [0.2, 0.25) is 0 Å². The van der Waals surface area contributed by atoms with Crippen molar-refractivity contribution in [3.05, 3.63) is 40.2 Å². The number of carbonyl (C=O) groups is 1. The summed E-state index contributed by atoms with van der Waals surface area (Å²) in [5.74, 6) is 0.901. The van der Waals surface area contributed by atoms with E-state index in [0.29, 0.717) is 27.2 Å². The Bertz CT molecular complexity index is 872. The number of nitrogens with zero attached hydrogens (tertiary/aromatic N) is 3. The van der Waals surface area contributed by atoms with E-state index in [9.17, 15) is 4.79 Å². The number of aryl methyl sites for hydroxylation is 2. The number of ether oxygens (including phenoxy) is 2. The summed E-state index contributed by atoms with van der Waals surface area (Å²) in [7, 11) is 1.55. The minimum atomic E-state index is -0.260. The van der Waals surface area contributed by atoms with Gasteiger partial charge in [0, 0.05) is 11.4 Å². The standard InChI is InChI=1S/C20H25ClN4O3S/c1-6-14(4)28-19-16(21)8-15(9-17(19)27-5)10-22-25-18(26)11-29-20-23-12(2)7-13(3)24-20/h7-10,14H,6,11H2,1-5H3,(H,25,26)/b22-10-/t14-/m1/s1. The average Bonchev–Trinajstić information content (AvgIpc) is 2.67. The second-order valence-corrected chi connectivity index (χ2v) is 7.74. The largest absolute Gasteiger partial charge is 0.493 e. The third-order valence-electron chi connectivity index (χ3n) is 3.84. The maximum atomic E-state index is 12.0. The molecule has 0 aliphatic heterocycles. The van der Waals surface area contributed by atoms with Crippen LogP contribution in [0, 0.1) is 13.8 Å². The minimum Gasteiger partial charge on any atom is -0.493 e. The molecule has 29 heavy (non-hydrogen) atoms. The van der Waals surface area contributed by atoms with Gasteiger partial charge in [-0.15, -0.1) is 0 Å². The van der Waals surface area contributed by atoms with Gasteiger partial charge in [-0.1, -0.05) is 30.3 Å². The Hall–Kier alpha value is -2.32. The third-order valence-corrected chi connectivity index (χ3v) is 4.97. The van der Waals surface area contributed by atoms with Gasteiger partial charge >= 0.3 is 0 Å². The summed E-state index contributed by atoms with van der Waals surface area (Å²) in [4.78, 5) is 20.6. The van der Waals surface area contributed by atoms with Crippen LogP contribution >= 0.6 is 23.4 Å². The van der Waals surface area contributed by atoms with Crippen LogP contribution in [0.15, 0.2) is 28.5 Å². The number of benzene rings is 1. The fourth-order valence-corrected chi connectivity index (χ4v) is 3.32. The van der Waals surface area contributed by atoms with Crippen molar-refractivity contribution in [2.75, 3.05) is 12.9 Å². The molecule has 1 aromatic carbocycles. The molecule has 1 atom stereocenters. The summed E-state index contributed by atoms with van der Waals surface area (Å²) < 4.78 is 11.2. The molecule has 0 saturated carbocycles. The second-order valence-electron chi connectivity index (χ2n) is 6.39. The van der Waals surface area contributed by atoms with Crippen LogP contribution in [0.4, 0.5) is 0 Å². The third kappa shape index (κ3) is 7.21. The van der Waals surface area contributed by atoms with Crippen molar-refractivity contribution < 1.29 is 14.3 Å². The molecule has 0 aliphatic rings. The summed E-state index contributed by atoms with van der Waals surface area (Å²) in [6.07, 6.45) is 2.36. The molecule has 0 unspecified atom stereocenters. The Morgan fingerprint density at radius 1 is 1.31 bits per heavy atom. The Kier molecular flexibility index (Phi) is 8.72. The Labute approximate surface area is 180 Å². The lowest BCUT2D eigenvalue weighted by molar-refractivity contribution is -0.118. The number of thioether (sulfide) groups is 1. The highest BCUT2D eigenvalue weighted by molar-refractivity contribution is 7.99. The summed E-state index contributed by atoms with van der Waals surface area (Å²) in [5, 5.41) is 4.96. The molecule has 0 spiro atoms. The van der Waals surface area contributed by atoms with Crippen molar-refractivity contribution in [2.24, 2.45) is 5.10 Å². The summed E-state index contributed by atoms with van der Waals surface area (Å²) in [5.41, 5.74) is 4.89. The zero-order valence-corrected chi connectivity index (χ0v) is 18.7. The topological polar surface area (TPSA) is 85.7 Å². The normalized spacial score (nSPS) is 12.1. The van der Waals surface area contributed by atoms with Crippen LogP contribution < -0.4 is 14.9 Å². The van der Waals surface area contributed by atoms with E-state index in [1.807, 2.05) is 33.8 Å². The molecule has 1 heterocycles. The number of nitrogens with one attached hydrogen (secondary N) is 1. The van der Waals surface area contributed by atoms with Gasteiger partial charge in [-0.3, -0.25) is 4.79 Å². The van der Waals surface area contributed by atoms with Gasteiger partial charge in [-0.05, 0) is 51.0 Å². The van der Waals surface area contributed by atoms with Crippen LogP contribution in [0.3, 0.4) is 0 Å². The fraction of sp³-hybridized carbons (Fsp3) is 0.400. The first-order valence-electron chi connectivity index (χ1n) is 9.13. The van der Waals surface area contributed by atoms with E-state index < -0.39 is 0 Å². The molecule has 1 amide bonds. The number of hydrazone groups is 1. The number of rotatable bonds is 9. The van der Waals surface area contributed by atoms with Gasteiger partial charge < -0.3 is 9.47 Å². The van der Waals surface area contributed by atoms with Gasteiger partial charge in [0.25, 0.3) is 5.91 Å². The van der Waals surface area contributed by atoms with E-state index in [4.69, 9.17) is 21.1 Å². The predicted molar refractivity (Wildman–Crippen MR) is 116 cm³/mol. The van der Waals surface area contributed by atoms with E-state index in [1.165, 1.54) is 18.0 Å². The number of methoxy groups -OCH3 is 1. The molecule has 1 N–H and O–H groups in total. The van der Waals surface area contributed by atoms with E-state index in [2.05, 4.69) is 20.5 Å². The lowest BCUT2D eigenvalue weighted by Gasteiger charge is -2.17. The molecule has 1 aromatic heterocycles. The van der Waals surface area contributed by atoms with Crippen LogP contribution in [-0.4, -0.2) is 41.1 Å². The molecule has 156 valence electrons. The number of carbonyl (C=O) groups excluding carboxylic acids is 1. The monoisotopic (exact) mass is 436 g/mol. The second kappa shape index (κ2) is 11.0. The molecule has 7 nitrogen and oxygen atoms in total. The van der Waals surface area contributed by atoms with Gasteiger partial charge in [0.1, 0.15) is 0 Å². The molecule has 0 saturated heterocycles. The van der Waals surface area contributed by atoms with Crippen LogP contribution in [-0.2, 0) is 4.79 Å². The first-order chi connectivity index (χ1) is 13.8. The SMILES string of the molecule is CC[C@@H](C)Oc1c(Cl)cc(/C=N\NC(=O)CSc2nc(C)cc(C)n2)cc1OC. The quantitative estimate of drug-likeness (QED) is 0.275. The number of hydrogen-bond donors (Lipinski definition) is 1. The molecule has 0 aliphatic carbocycles.